The second-order valence-corrected chi connectivity index (χ2v) is 3.96. The van der Waals surface area contributed by atoms with Crippen LogP contribution < -0.4 is 15.4 Å². The van der Waals surface area contributed by atoms with Crippen molar-refractivity contribution >= 4 is 23.0 Å². The zero-order valence-electron chi connectivity index (χ0n) is 9.72. The third kappa shape index (κ3) is 1.95. The second-order valence-electron chi connectivity index (χ2n) is 3.96. The van der Waals surface area contributed by atoms with Crippen LogP contribution in [0.5, 0.6) is 0 Å². The Kier molecular flexibility index (Phi) is 2.99. The number of hydrogen-bond acceptors (Lipinski definition) is 3. The summed E-state index contributed by atoms with van der Waals surface area (Å²) in [5.74, 6) is -0.682. The maximum absolute atomic E-state index is 10.7. The highest BCUT2D eigenvalue weighted by Gasteiger charge is 2.19. The Morgan fingerprint density at radius 2 is 2.18 bits per heavy atom. The van der Waals surface area contributed by atoms with Gasteiger partial charge in [-0.1, -0.05) is 19.1 Å². The number of rotatable bonds is 4. The van der Waals surface area contributed by atoms with Crippen molar-refractivity contribution in [1.29, 1.82) is 0 Å². The number of aromatic nitrogens is 2. The van der Waals surface area contributed by atoms with Crippen molar-refractivity contribution in [1.82, 2.24) is 4.57 Å². The average Bonchev–Trinajstić information content (AvgIpc) is 2.55. The lowest BCUT2D eigenvalue weighted by Crippen LogP contribution is -2.45. The number of nitrogens with zero attached hydrogens (tertiary/aromatic N) is 2. The van der Waals surface area contributed by atoms with Crippen molar-refractivity contribution < 1.29 is 14.5 Å². The first-order valence-electron chi connectivity index (χ1n) is 5.61. The van der Waals surface area contributed by atoms with Gasteiger partial charge in [0.15, 0.2) is 0 Å². The number of para-hydroxylation sites is 2. The Bertz CT molecular complexity index is 560. The minimum Gasteiger partial charge on any atom is -0.547 e. The van der Waals surface area contributed by atoms with E-state index >= 15 is 0 Å². The van der Waals surface area contributed by atoms with Crippen LogP contribution in [0.3, 0.4) is 0 Å². The molecule has 5 nitrogen and oxygen atoms in total. The number of aliphatic carboxylic acids is 1. The number of anilines is 1. The van der Waals surface area contributed by atoms with Crippen LogP contribution in [-0.4, -0.2) is 10.5 Å². The minimum absolute atomic E-state index is 0.219. The van der Waals surface area contributed by atoms with Crippen LogP contribution in [0.25, 0.3) is 11.0 Å². The van der Waals surface area contributed by atoms with E-state index < -0.39 is 5.97 Å². The van der Waals surface area contributed by atoms with Crippen LogP contribution in [0.1, 0.15) is 13.3 Å². The third-order valence-corrected chi connectivity index (χ3v) is 2.75. The molecule has 0 spiro atoms. The van der Waals surface area contributed by atoms with Gasteiger partial charge in [-0.15, -0.1) is 0 Å². The fourth-order valence-electron chi connectivity index (χ4n) is 2.07. The minimum atomic E-state index is -1.14. The molecule has 2 rings (SSSR count). The molecule has 0 radical (unpaired) electrons. The van der Waals surface area contributed by atoms with Gasteiger partial charge >= 0.3 is 5.95 Å². The quantitative estimate of drug-likeness (QED) is 0.735. The molecule has 0 aliphatic heterocycles. The number of carbonyl (C=O) groups is 1. The summed E-state index contributed by atoms with van der Waals surface area (Å²) in [6, 6.07) is 7.58. The molecule has 0 atom stereocenters. The molecule has 2 aromatic rings. The van der Waals surface area contributed by atoms with Crippen LogP contribution >= 0.6 is 0 Å². The van der Waals surface area contributed by atoms with Crippen molar-refractivity contribution in [3.8, 4) is 0 Å². The van der Waals surface area contributed by atoms with Crippen molar-refractivity contribution in [2.45, 2.75) is 26.4 Å². The summed E-state index contributed by atoms with van der Waals surface area (Å²) >= 11 is 0. The number of fused-ring (bicyclic) bond motifs is 1. The molecule has 1 heterocycles. The molecule has 1 aromatic carbocycles. The van der Waals surface area contributed by atoms with Gasteiger partial charge in [-0.2, -0.15) is 0 Å². The van der Waals surface area contributed by atoms with Gasteiger partial charge in [0, 0.05) is 0 Å². The van der Waals surface area contributed by atoms with Crippen LogP contribution in [0.4, 0.5) is 5.95 Å². The molecular formula is C12H15N3O2. The zero-order chi connectivity index (χ0) is 12.4. The fourth-order valence-corrected chi connectivity index (χ4v) is 2.07. The predicted molar refractivity (Wildman–Crippen MR) is 61.8 cm³/mol. The molecule has 0 saturated heterocycles. The summed E-state index contributed by atoms with van der Waals surface area (Å²) in [4.78, 5) is 10.7. The standard InChI is InChI=1S/C12H15N3O2/c1-2-7-14-9-5-3-4-6-10(9)15(12(14)13)8-11(16)17/h3-6,13H,2,7-8H2,1H3,(H,16,17). The van der Waals surface area contributed by atoms with Gasteiger partial charge in [0.2, 0.25) is 0 Å². The average molecular weight is 233 g/mol. The molecule has 90 valence electrons. The Labute approximate surface area is 99.1 Å². The number of carboxylic acid groups (broad SMARTS) is 1. The van der Waals surface area contributed by atoms with E-state index in [1.165, 1.54) is 0 Å². The highest BCUT2D eigenvalue weighted by atomic mass is 16.4. The molecule has 1 aromatic heterocycles. The summed E-state index contributed by atoms with van der Waals surface area (Å²) in [5, 5.41) is 10.7. The summed E-state index contributed by atoms with van der Waals surface area (Å²) < 4.78 is 3.50. The molecule has 17 heavy (non-hydrogen) atoms. The second kappa shape index (κ2) is 4.45. The molecule has 0 aliphatic carbocycles. The number of carbonyl (C=O) groups excluding carboxylic acids is 1. The first kappa shape index (κ1) is 11.4. The summed E-state index contributed by atoms with van der Waals surface area (Å²) in [7, 11) is 0. The van der Waals surface area contributed by atoms with E-state index in [2.05, 4.69) is 6.92 Å². The van der Waals surface area contributed by atoms with E-state index in [1.807, 2.05) is 28.8 Å². The molecule has 0 amide bonds. The molecule has 0 fully saturated rings. The van der Waals surface area contributed by atoms with Gasteiger partial charge in [0.1, 0.15) is 17.6 Å². The molecule has 0 bridgehead atoms. The van der Waals surface area contributed by atoms with E-state index in [0.717, 1.165) is 24.0 Å². The van der Waals surface area contributed by atoms with Crippen LogP contribution in [0.2, 0.25) is 0 Å². The summed E-state index contributed by atoms with van der Waals surface area (Å²) in [5.41, 5.74) is 7.76. The van der Waals surface area contributed by atoms with Crippen LogP contribution in [0, 0.1) is 0 Å². The number of hydrogen-bond donors (Lipinski definition) is 1. The van der Waals surface area contributed by atoms with Crippen molar-refractivity contribution in [3.63, 3.8) is 0 Å². The van der Waals surface area contributed by atoms with Gasteiger partial charge in [0.25, 0.3) is 0 Å². The predicted octanol–water partition coefficient (Wildman–Crippen LogP) is -0.329. The number of benzene rings is 1. The summed E-state index contributed by atoms with van der Waals surface area (Å²) in [6.45, 7) is 2.60. The Balaban J connectivity index is 2.65. The molecule has 5 heteroatoms. The highest BCUT2D eigenvalue weighted by molar-refractivity contribution is 5.74. The first-order chi connectivity index (χ1) is 8.15. The molecule has 0 saturated carbocycles. The third-order valence-electron chi connectivity index (χ3n) is 2.75. The van der Waals surface area contributed by atoms with Gasteiger partial charge in [0.05, 0.1) is 12.5 Å². The smallest absolute Gasteiger partial charge is 0.356 e. The number of carboxylic acids is 1. The maximum Gasteiger partial charge on any atom is 0.356 e. The van der Waals surface area contributed by atoms with Crippen molar-refractivity contribution in [2.24, 2.45) is 0 Å². The van der Waals surface area contributed by atoms with E-state index in [9.17, 15) is 9.90 Å². The van der Waals surface area contributed by atoms with Gasteiger partial charge in [-0.25, -0.2) is 9.13 Å². The Morgan fingerprint density at radius 3 is 2.82 bits per heavy atom. The monoisotopic (exact) mass is 233 g/mol. The van der Waals surface area contributed by atoms with Crippen LogP contribution in [-0.2, 0) is 17.9 Å². The van der Waals surface area contributed by atoms with E-state index in [4.69, 9.17) is 5.73 Å². The van der Waals surface area contributed by atoms with E-state index in [-0.39, 0.29) is 6.54 Å². The molecule has 0 aliphatic rings. The van der Waals surface area contributed by atoms with Gasteiger partial charge in [-0.05, 0) is 18.6 Å². The maximum atomic E-state index is 10.7. The normalized spacial score (nSPS) is 10.9. The van der Waals surface area contributed by atoms with Crippen LogP contribution in [0.15, 0.2) is 24.3 Å². The highest BCUT2D eigenvalue weighted by Crippen LogP contribution is 2.16. The van der Waals surface area contributed by atoms with Gasteiger partial charge < -0.3 is 9.90 Å². The van der Waals surface area contributed by atoms with E-state index in [1.54, 1.807) is 4.57 Å². The zero-order valence-corrected chi connectivity index (χ0v) is 9.72. The first-order valence-corrected chi connectivity index (χ1v) is 5.61. The molecule has 0 unspecified atom stereocenters. The molecule has 2 N–H and O–H groups in total. The summed E-state index contributed by atoms with van der Waals surface area (Å²) in [6.07, 6.45) is 0.939. The van der Waals surface area contributed by atoms with Gasteiger partial charge in [-0.3, -0.25) is 5.73 Å². The SMILES string of the molecule is CCCn1c(N)[n+](CC(=O)[O-])c2ccccc21. The largest absolute Gasteiger partial charge is 0.547 e. The fraction of sp³-hybridized carbons (Fsp3) is 0.333. The number of aryl methyl sites for hydroxylation is 1. The number of nitrogens with two attached hydrogens (primary N) is 1. The van der Waals surface area contributed by atoms with Crippen molar-refractivity contribution in [3.05, 3.63) is 24.3 Å². The lowest BCUT2D eigenvalue weighted by Gasteiger charge is -2.01. The Morgan fingerprint density at radius 1 is 1.47 bits per heavy atom. The van der Waals surface area contributed by atoms with E-state index in [0.29, 0.717) is 5.95 Å². The number of imidazole rings is 1. The molecular weight excluding hydrogens is 218 g/mol. The Hall–Kier alpha value is -2.04. The topological polar surface area (TPSA) is 75.0 Å². The number of nitrogen functional groups attached to an aromatic ring is 1. The lowest BCUT2D eigenvalue weighted by molar-refractivity contribution is -0.651. The lowest BCUT2D eigenvalue weighted by atomic mass is 10.3. The van der Waals surface area contributed by atoms with Crippen molar-refractivity contribution in [2.75, 3.05) is 5.73 Å².